The molecule has 1 aromatic heterocycles. The number of pyridine rings is 1. The molecule has 0 bridgehead atoms. The van der Waals surface area contributed by atoms with Gasteiger partial charge in [-0.25, -0.2) is 4.98 Å². The molecule has 20 heavy (non-hydrogen) atoms. The monoisotopic (exact) mass is 274 g/mol. The first-order chi connectivity index (χ1) is 9.69. The van der Waals surface area contributed by atoms with Gasteiger partial charge in [0.1, 0.15) is 5.82 Å². The van der Waals surface area contributed by atoms with Gasteiger partial charge in [0.15, 0.2) is 0 Å². The van der Waals surface area contributed by atoms with E-state index in [1.807, 2.05) is 13.2 Å². The van der Waals surface area contributed by atoms with Crippen LogP contribution in [0.5, 0.6) is 0 Å². The molecule has 0 saturated carbocycles. The summed E-state index contributed by atoms with van der Waals surface area (Å²) < 4.78 is 0. The van der Waals surface area contributed by atoms with Gasteiger partial charge in [0.25, 0.3) is 0 Å². The van der Waals surface area contributed by atoms with Gasteiger partial charge in [-0.05, 0) is 57.5 Å². The van der Waals surface area contributed by atoms with Gasteiger partial charge >= 0.3 is 0 Å². The fraction of sp³-hybridized carbons (Fsp3) is 0.688. The van der Waals surface area contributed by atoms with Crippen LogP contribution in [0.2, 0.25) is 0 Å². The highest BCUT2D eigenvalue weighted by Crippen LogP contribution is 2.29. The number of nitrogens with one attached hydrogen (secondary N) is 1. The lowest BCUT2D eigenvalue weighted by atomic mass is 10.1. The highest BCUT2D eigenvalue weighted by atomic mass is 15.3. The van der Waals surface area contributed by atoms with Crippen LogP contribution in [0.1, 0.15) is 30.9 Å². The smallest absolute Gasteiger partial charge is 0.131 e. The molecule has 0 amide bonds. The first kappa shape index (κ1) is 13.8. The van der Waals surface area contributed by atoms with Crippen molar-refractivity contribution in [3.8, 4) is 0 Å². The normalized spacial score (nSPS) is 26.9. The second-order valence-electron chi connectivity index (χ2n) is 6.31. The number of hydrogen-bond donors (Lipinski definition) is 1. The van der Waals surface area contributed by atoms with E-state index in [0.29, 0.717) is 6.04 Å². The van der Waals surface area contributed by atoms with E-state index >= 15 is 0 Å². The largest absolute Gasteiger partial charge is 0.351 e. The molecule has 0 spiro atoms. The third-order valence-corrected chi connectivity index (χ3v) is 4.70. The van der Waals surface area contributed by atoms with Gasteiger partial charge in [-0.1, -0.05) is 0 Å². The number of anilines is 1. The number of fused-ring (bicyclic) bond motifs is 1. The third kappa shape index (κ3) is 2.54. The van der Waals surface area contributed by atoms with E-state index in [-0.39, 0.29) is 0 Å². The first-order valence-electron chi connectivity index (χ1n) is 7.80. The van der Waals surface area contributed by atoms with Crippen molar-refractivity contribution in [1.82, 2.24) is 15.2 Å². The maximum Gasteiger partial charge on any atom is 0.131 e. The van der Waals surface area contributed by atoms with Crippen molar-refractivity contribution >= 4 is 5.82 Å². The number of aryl methyl sites for hydroxylation is 1. The summed E-state index contributed by atoms with van der Waals surface area (Å²) in [4.78, 5) is 9.93. The minimum absolute atomic E-state index is 0.561. The van der Waals surface area contributed by atoms with Crippen LogP contribution < -0.4 is 10.2 Å². The Kier molecular flexibility index (Phi) is 3.94. The maximum absolute atomic E-state index is 4.75. The van der Waals surface area contributed by atoms with Crippen LogP contribution in [0.4, 0.5) is 5.82 Å². The van der Waals surface area contributed by atoms with E-state index in [1.165, 1.54) is 42.9 Å². The van der Waals surface area contributed by atoms with Gasteiger partial charge in [0.05, 0.1) is 0 Å². The van der Waals surface area contributed by atoms with Crippen molar-refractivity contribution in [2.75, 3.05) is 31.6 Å². The Morgan fingerprint density at radius 2 is 2.25 bits per heavy atom. The van der Waals surface area contributed by atoms with E-state index in [0.717, 1.165) is 19.1 Å². The van der Waals surface area contributed by atoms with Crippen molar-refractivity contribution in [2.24, 2.45) is 0 Å². The van der Waals surface area contributed by atoms with Crippen LogP contribution in [0.25, 0.3) is 0 Å². The molecule has 2 aliphatic heterocycles. The minimum atomic E-state index is 0.561. The summed E-state index contributed by atoms with van der Waals surface area (Å²) in [6.45, 7) is 9.02. The molecule has 3 heterocycles. The molecule has 4 heteroatoms. The Morgan fingerprint density at radius 1 is 1.40 bits per heavy atom. The molecule has 1 aromatic rings. The highest BCUT2D eigenvalue weighted by molar-refractivity contribution is 5.49. The van der Waals surface area contributed by atoms with Gasteiger partial charge in [0.2, 0.25) is 0 Å². The van der Waals surface area contributed by atoms with Crippen molar-refractivity contribution < 1.29 is 0 Å². The molecule has 0 aromatic carbocycles. The molecule has 2 atom stereocenters. The fourth-order valence-corrected chi connectivity index (χ4v) is 3.71. The Balaban J connectivity index is 1.81. The molecule has 2 saturated heterocycles. The maximum atomic E-state index is 4.75. The van der Waals surface area contributed by atoms with E-state index < -0.39 is 0 Å². The van der Waals surface area contributed by atoms with Gasteiger partial charge in [0, 0.05) is 37.9 Å². The Morgan fingerprint density at radius 3 is 3.00 bits per heavy atom. The summed E-state index contributed by atoms with van der Waals surface area (Å²) in [6.07, 6.45) is 4.73. The van der Waals surface area contributed by atoms with Gasteiger partial charge in [-0.2, -0.15) is 0 Å². The van der Waals surface area contributed by atoms with Crippen LogP contribution in [0, 0.1) is 6.92 Å². The van der Waals surface area contributed by atoms with E-state index in [4.69, 9.17) is 4.98 Å². The van der Waals surface area contributed by atoms with Crippen LogP contribution in [-0.4, -0.2) is 48.6 Å². The summed E-state index contributed by atoms with van der Waals surface area (Å²) in [7, 11) is 1.98. The quantitative estimate of drug-likeness (QED) is 0.910. The lowest BCUT2D eigenvalue weighted by molar-refractivity contribution is 0.202. The average molecular weight is 274 g/mol. The fourth-order valence-electron chi connectivity index (χ4n) is 3.71. The number of aromatic nitrogens is 1. The van der Waals surface area contributed by atoms with Crippen molar-refractivity contribution in [3.05, 3.63) is 23.4 Å². The van der Waals surface area contributed by atoms with E-state index in [9.17, 15) is 0 Å². The zero-order valence-electron chi connectivity index (χ0n) is 12.9. The predicted molar refractivity (Wildman–Crippen MR) is 83.1 cm³/mol. The molecule has 0 radical (unpaired) electrons. The molecule has 4 nitrogen and oxygen atoms in total. The molecule has 110 valence electrons. The molecular weight excluding hydrogens is 248 g/mol. The number of rotatable bonds is 3. The zero-order valence-corrected chi connectivity index (χ0v) is 12.9. The second-order valence-corrected chi connectivity index (χ2v) is 6.31. The van der Waals surface area contributed by atoms with Gasteiger partial charge in [-0.15, -0.1) is 0 Å². The van der Waals surface area contributed by atoms with Crippen LogP contribution in [-0.2, 0) is 6.54 Å². The Hall–Kier alpha value is -1.13. The van der Waals surface area contributed by atoms with Gasteiger partial charge in [-0.3, -0.25) is 4.90 Å². The van der Waals surface area contributed by atoms with Crippen LogP contribution in [0.3, 0.4) is 0 Å². The van der Waals surface area contributed by atoms with E-state index in [1.54, 1.807) is 0 Å². The minimum Gasteiger partial charge on any atom is -0.351 e. The molecule has 1 N–H and O–H groups in total. The van der Waals surface area contributed by atoms with Crippen molar-refractivity contribution in [3.63, 3.8) is 0 Å². The van der Waals surface area contributed by atoms with Crippen molar-refractivity contribution in [2.45, 2.75) is 45.3 Å². The Labute approximate surface area is 122 Å². The number of hydrogen-bond acceptors (Lipinski definition) is 4. The van der Waals surface area contributed by atoms with Crippen LogP contribution >= 0.6 is 0 Å². The SMILES string of the molecule is CNCc1cnc(N2CC3CCCN3CC2C)c(C)c1. The molecule has 0 aliphatic carbocycles. The van der Waals surface area contributed by atoms with E-state index in [2.05, 4.69) is 35.0 Å². The summed E-state index contributed by atoms with van der Waals surface area (Å²) in [5, 5.41) is 3.19. The summed E-state index contributed by atoms with van der Waals surface area (Å²) in [5.74, 6) is 1.18. The molecule has 3 rings (SSSR count). The zero-order chi connectivity index (χ0) is 14.1. The third-order valence-electron chi connectivity index (χ3n) is 4.70. The summed E-state index contributed by atoms with van der Waals surface area (Å²) in [6, 6.07) is 3.57. The molecule has 2 fully saturated rings. The standard InChI is InChI=1S/C16H26N4/c1-12-7-14(8-17-3)9-18-16(12)20-11-15-5-4-6-19(15)10-13(20)2/h7,9,13,15,17H,4-6,8,10-11H2,1-3H3. The number of nitrogens with zero attached hydrogens (tertiary/aromatic N) is 3. The Bertz CT molecular complexity index is 474. The van der Waals surface area contributed by atoms with Gasteiger partial charge < -0.3 is 10.2 Å². The van der Waals surface area contributed by atoms with Crippen LogP contribution in [0.15, 0.2) is 12.3 Å². The second kappa shape index (κ2) is 5.70. The molecule has 2 aliphatic rings. The lowest BCUT2D eigenvalue weighted by Gasteiger charge is -2.43. The molecular formula is C16H26N4. The first-order valence-corrected chi connectivity index (χ1v) is 7.80. The summed E-state index contributed by atoms with van der Waals surface area (Å²) in [5.41, 5.74) is 2.57. The molecule has 2 unspecified atom stereocenters. The number of piperazine rings is 1. The lowest BCUT2D eigenvalue weighted by Crippen LogP contribution is -2.55. The topological polar surface area (TPSA) is 31.4 Å². The highest BCUT2D eigenvalue weighted by Gasteiger charge is 2.35. The van der Waals surface area contributed by atoms with Crippen molar-refractivity contribution in [1.29, 1.82) is 0 Å². The predicted octanol–water partition coefficient (Wildman–Crippen LogP) is 1.78. The average Bonchev–Trinajstić information content (AvgIpc) is 2.86. The summed E-state index contributed by atoms with van der Waals surface area (Å²) >= 11 is 0.